The van der Waals surface area contributed by atoms with Gasteiger partial charge in [0.05, 0.1) is 6.04 Å². The first-order valence-corrected chi connectivity index (χ1v) is 7.41. The molecule has 1 aromatic carbocycles. The van der Waals surface area contributed by atoms with Crippen molar-refractivity contribution in [3.63, 3.8) is 0 Å². The number of ether oxygens (including phenoxy) is 1. The predicted octanol–water partition coefficient (Wildman–Crippen LogP) is 2.61. The van der Waals surface area contributed by atoms with Crippen molar-refractivity contribution in [1.29, 1.82) is 0 Å². The van der Waals surface area contributed by atoms with E-state index in [0.29, 0.717) is 12.6 Å². The van der Waals surface area contributed by atoms with Gasteiger partial charge in [-0.15, -0.1) is 10.2 Å². The average Bonchev–Trinajstić information content (AvgIpc) is 3.08. The van der Waals surface area contributed by atoms with E-state index in [1.165, 1.54) is 17.5 Å². The van der Waals surface area contributed by atoms with E-state index >= 15 is 0 Å². The maximum Gasteiger partial charge on any atom is 0.227 e. The zero-order valence-electron chi connectivity index (χ0n) is 12.9. The summed E-state index contributed by atoms with van der Waals surface area (Å²) in [4.78, 5) is 2.37. The molecule has 1 fully saturated rings. The van der Waals surface area contributed by atoms with Gasteiger partial charge in [-0.05, 0) is 30.9 Å². The molecule has 1 aliphatic heterocycles. The van der Waals surface area contributed by atoms with Crippen molar-refractivity contribution in [3.05, 3.63) is 41.2 Å². The molecule has 0 saturated carbocycles. The van der Waals surface area contributed by atoms with Crippen LogP contribution < -0.4 is 4.90 Å². The highest BCUT2D eigenvalue weighted by Gasteiger charge is 2.30. The second-order valence-corrected chi connectivity index (χ2v) is 5.62. The number of methoxy groups -OCH3 is 1. The summed E-state index contributed by atoms with van der Waals surface area (Å²) in [5.74, 6) is 1.80. The topological polar surface area (TPSA) is 43.2 Å². The van der Waals surface area contributed by atoms with Crippen LogP contribution in [0, 0.1) is 6.92 Å². The highest BCUT2D eigenvalue weighted by atomic mass is 16.5. The van der Waals surface area contributed by atoms with E-state index in [-0.39, 0.29) is 0 Å². The fourth-order valence-electron chi connectivity index (χ4n) is 3.15. The summed E-state index contributed by atoms with van der Waals surface area (Å²) < 4.78 is 7.22. The molecule has 0 bridgehead atoms. The highest BCUT2D eigenvalue weighted by Crippen LogP contribution is 2.36. The summed E-state index contributed by atoms with van der Waals surface area (Å²) >= 11 is 0. The van der Waals surface area contributed by atoms with Crippen LogP contribution in [0.15, 0.2) is 24.3 Å². The minimum absolute atomic E-state index is 0.393. The zero-order chi connectivity index (χ0) is 14.8. The van der Waals surface area contributed by atoms with Gasteiger partial charge >= 0.3 is 0 Å². The second kappa shape index (κ2) is 5.85. The van der Waals surface area contributed by atoms with Crippen LogP contribution >= 0.6 is 0 Å². The van der Waals surface area contributed by atoms with Crippen LogP contribution in [0.2, 0.25) is 0 Å². The van der Waals surface area contributed by atoms with Gasteiger partial charge < -0.3 is 9.64 Å². The molecule has 2 aromatic rings. The molecule has 1 aliphatic rings. The van der Waals surface area contributed by atoms with Crippen molar-refractivity contribution in [2.75, 3.05) is 18.6 Å². The van der Waals surface area contributed by atoms with Gasteiger partial charge in [-0.25, -0.2) is 0 Å². The van der Waals surface area contributed by atoms with Crippen molar-refractivity contribution in [1.82, 2.24) is 14.8 Å². The molecule has 2 heterocycles. The van der Waals surface area contributed by atoms with Crippen LogP contribution in [0.5, 0.6) is 0 Å². The summed E-state index contributed by atoms with van der Waals surface area (Å²) in [6.45, 7) is 3.70. The fourth-order valence-corrected chi connectivity index (χ4v) is 3.15. The van der Waals surface area contributed by atoms with Gasteiger partial charge in [0.2, 0.25) is 5.95 Å². The molecule has 0 amide bonds. The van der Waals surface area contributed by atoms with Gasteiger partial charge in [0, 0.05) is 20.7 Å². The van der Waals surface area contributed by atoms with Crippen molar-refractivity contribution in [2.45, 2.75) is 32.4 Å². The third-order valence-corrected chi connectivity index (χ3v) is 4.27. The molecule has 112 valence electrons. The summed E-state index contributed by atoms with van der Waals surface area (Å²) in [5.41, 5.74) is 2.74. The molecule has 1 unspecified atom stereocenters. The SMILES string of the molecule is COCc1nnc(N2CCCC2c2ccccc2C)n1C. The Hall–Kier alpha value is -1.88. The first-order valence-electron chi connectivity index (χ1n) is 7.41. The van der Waals surface area contributed by atoms with E-state index in [9.17, 15) is 0 Å². The molecule has 0 N–H and O–H groups in total. The molecule has 1 aromatic heterocycles. The van der Waals surface area contributed by atoms with Gasteiger partial charge in [-0.1, -0.05) is 24.3 Å². The Labute approximate surface area is 125 Å². The molecule has 0 spiro atoms. The number of benzene rings is 1. The van der Waals surface area contributed by atoms with E-state index < -0.39 is 0 Å². The average molecular weight is 286 g/mol. The Balaban J connectivity index is 1.93. The number of aromatic nitrogens is 3. The molecule has 0 radical (unpaired) electrons. The number of nitrogens with zero attached hydrogens (tertiary/aromatic N) is 4. The van der Waals surface area contributed by atoms with Gasteiger partial charge in [0.25, 0.3) is 0 Å². The molecular weight excluding hydrogens is 264 g/mol. The third-order valence-electron chi connectivity index (χ3n) is 4.27. The predicted molar refractivity (Wildman–Crippen MR) is 82.2 cm³/mol. The van der Waals surface area contributed by atoms with Crippen molar-refractivity contribution >= 4 is 5.95 Å². The van der Waals surface area contributed by atoms with E-state index in [4.69, 9.17) is 4.74 Å². The number of anilines is 1. The Morgan fingerprint density at radius 3 is 2.86 bits per heavy atom. The lowest BCUT2D eigenvalue weighted by molar-refractivity contribution is 0.175. The van der Waals surface area contributed by atoms with Crippen LogP contribution in [-0.4, -0.2) is 28.4 Å². The quantitative estimate of drug-likeness (QED) is 0.866. The first-order chi connectivity index (χ1) is 10.2. The van der Waals surface area contributed by atoms with Crippen LogP contribution in [0.4, 0.5) is 5.95 Å². The zero-order valence-corrected chi connectivity index (χ0v) is 12.9. The van der Waals surface area contributed by atoms with E-state index in [2.05, 4.69) is 46.3 Å². The van der Waals surface area contributed by atoms with Gasteiger partial charge in [0.1, 0.15) is 6.61 Å². The van der Waals surface area contributed by atoms with Crippen molar-refractivity contribution in [3.8, 4) is 0 Å². The Morgan fingerprint density at radius 2 is 2.10 bits per heavy atom. The van der Waals surface area contributed by atoms with Crippen LogP contribution in [0.25, 0.3) is 0 Å². The Bertz CT molecular complexity index is 622. The summed E-state index contributed by atoms with van der Waals surface area (Å²) in [5, 5.41) is 8.63. The van der Waals surface area contributed by atoms with Crippen molar-refractivity contribution < 1.29 is 4.74 Å². The summed E-state index contributed by atoms with van der Waals surface area (Å²) in [7, 11) is 3.69. The molecule has 1 saturated heterocycles. The minimum atomic E-state index is 0.393. The van der Waals surface area contributed by atoms with Crippen molar-refractivity contribution in [2.24, 2.45) is 7.05 Å². The molecule has 1 atom stereocenters. The normalized spacial score (nSPS) is 18.4. The maximum absolute atomic E-state index is 5.17. The van der Waals surface area contributed by atoms with Crippen LogP contribution in [-0.2, 0) is 18.4 Å². The van der Waals surface area contributed by atoms with Crippen LogP contribution in [0.1, 0.15) is 35.8 Å². The molecule has 0 aliphatic carbocycles. The smallest absolute Gasteiger partial charge is 0.227 e. The Kier molecular flexibility index (Phi) is 3.92. The largest absolute Gasteiger partial charge is 0.377 e. The minimum Gasteiger partial charge on any atom is -0.377 e. The molecule has 21 heavy (non-hydrogen) atoms. The second-order valence-electron chi connectivity index (χ2n) is 5.62. The first kappa shape index (κ1) is 14.1. The number of hydrogen-bond acceptors (Lipinski definition) is 4. The Morgan fingerprint density at radius 1 is 1.29 bits per heavy atom. The van der Waals surface area contributed by atoms with Gasteiger partial charge in [-0.2, -0.15) is 0 Å². The summed E-state index contributed by atoms with van der Waals surface area (Å²) in [6, 6.07) is 9.01. The lowest BCUT2D eigenvalue weighted by atomic mass is 9.99. The lowest BCUT2D eigenvalue weighted by Crippen LogP contribution is -2.26. The van der Waals surface area contributed by atoms with E-state index in [0.717, 1.165) is 24.7 Å². The number of hydrogen-bond donors (Lipinski definition) is 0. The number of aryl methyl sites for hydroxylation is 1. The van der Waals surface area contributed by atoms with Crippen LogP contribution in [0.3, 0.4) is 0 Å². The maximum atomic E-state index is 5.17. The fraction of sp³-hybridized carbons (Fsp3) is 0.500. The third kappa shape index (κ3) is 2.53. The number of rotatable bonds is 4. The monoisotopic (exact) mass is 286 g/mol. The van der Waals surface area contributed by atoms with Gasteiger partial charge in [-0.3, -0.25) is 4.57 Å². The van der Waals surface area contributed by atoms with E-state index in [1.807, 2.05) is 11.6 Å². The highest BCUT2D eigenvalue weighted by molar-refractivity contribution is 5.41. The standard InChI is InChI=1S/C16H22N4O/c1-12-7-4-5-8-13(12)14-9-6-10-20(14)16-18-17-15(11-21-3)19(16)2/h4-5,7-8,14H,6,9-11H2,1-3H3. The lowest BCUT2D eigenvalue weighted by Gasteiger charge is -2.26. The summed E-state index contributed by atoms with van der Waals surface area (Å²) in [6.07, 6.45) is 2.35. The van der Waals surface area contributed by atoms with E-state index in [1.54, 1.807) is 7.11 Å². The molecule has 5 nitrogen and oxygen atoms in total. The molecular formula is C16H22N4O. The molecule has 5 heteroatoms. The molecule has 3 rings (SSSR count). The van der Waals surface area contributed by atoms with Gasteiger partial charge in [0.15, 0.2) is 5.82 Å².